The molecule has 0 N–H and O–H groups in total. The molecule has 0 spiro atoms. The van der Waals surface area contributed by atoms with Crippen molar-refractivity contribution in [3.63, 3.8) is 0 Å². The van der Waals surface area contributed by atoms with Gasteiger partial charge in [-0.15, -0.1) is 12.3 Å². The molecule has 0 nitrogen and oxygen atoms in total. The lowest BCUT2D eigenvalue weighted by Gasteiger charge is -2.32. The number of rotatable bonds is 3. The topological polar surface area (TPSA) is 0 Å². The van der Waals surface area contributed by atoms with E-state index in [0.29, 0.717) is 11.5 Å². The molecule has 1 atom stereocenters. The molecule has 0 radical (unpaired) electrons. The summed E-state index contributed by atoms with van der Waals surface area (Å²) in [6, 6.07) is 10.7. The van der Waals surface area contributed by atoms with E-state index in [1.807, 2.05) is 0 Å². The van der Waals surface area contributed by atoms with E-state index in [-0.39, 0.29) is 0 Å². The van der Waals surface area contributed by atoms with Gasteiger partial charge in [0.1, 0.15) is 0 Å². The summed E-state index contributed by atoms with van der Waals surface area (Å²) in [6.07, 6.45) is 5.68. The van der Waals surface area contributed by atoms with E-state index in [1.54, 1.807) is 0 Å². The zero-order chi connectivity index (χ0) is 11.5. The summed E-state index contributed by atoms with van der Waals surface area (Å²) in [4.78, 5) is 0. The molecule has 0 aliphatic heterocycles. The molecule has 0 bridgehead atoms. The monoisotopic (exact) mass is 216 g/mol. The lowest BCUT2D eigenvalue weighted by molar-refractivity contribution is 0.660. The largest absolute Gasteiger partial charge is 0.120 e. The summed E-state index contributed by atoms with van der Waals surface area (Å²) in [5.41, 5.74) is 0.417. The number of terminal acetylenes is 1. The van der Waals surface area contributed by atoms with E-state index >= 15 is 0 Å². The summed E-state index contributed by atoms with van der Waals surface area (Å²) >= 11 is 0. The Morgan fingerprint density at radius 1 is 1.13 bits per heavy atom. The van der Waals surface area contributed by atoms with E-state index in [9.17, 15) is 0 Å². The Bertz CT molecular complexity index is 343. The van der Waals surface area contributed by atoms with Gasteiger partial charge in [0.05, 0.1) is 8.07 Å². The van der Waals surface area contributed by atoms with Gasteiger partial charge in [-0.3, -0.25) is 0 Å². The van der Waals surface area contributed by atoms with Crippen molar-refractivity contribution < 1.29 is 0 Å². The first-order valence-electron chi connectivity index (χ1n) is 5.51. The van der Waals surface area contributed by atoms with Crippen LogP contribution in [-0.4, -0.2) is 8.07 Å². The van der Waals surface area contributed by atoms with E-state index in [4.69, 9.17) is 6.42 Å². The molecule has 1 aromatic carbocycles. The van der Waals surface area contributed by atoms with Crippen molar-refractivity contribution in [1.29, 1.82) is 0 Å². The van der Waals surface area contributed by atoms with Crippen molar-refractivity contribution in [1.82, 2.24) is 0 Å². The Labute approximate surface area is 94.7 Å². The molecule has 0 saturated carbocycles. The van der Waals surface area contributed by atoms with Crippen LogP contribution in [0.5, 0.6) is 0 Å². The molecule has 0 amide bonds. The smallest absolute Gasteiger partial charge is 0.0965 e. The second-order valence-electron chi connectivity index (χ2n) is 4.98. The van der Waals surface area contributed by atoms with Gasteiger partial charge in [0, 0.05) is 5.54 Å². The van der Waals surface area contributed by atoms with Gasteiger partial charge in [0.25, 0.3) is 0 Å². The van der Waals surface area contributed by atoms with Crippen LogP contribution < -0.4 is 5.19 Å². The molecule has 0 unspecified atom stereocenters. The fourth-order valence-electron chi connectivity index (χ4n) is 2.28. The van der Waals surface area contributed by atoms with Crippen molar-refractivity contribution in [2.75, 3.05) is 0 Å². The first kappa shape index (κ1) is 12.1. The maximum absolute atomic E-state index is 5.68. The molecule has 15 heavy (non-hydrogen) atoms. The molecule has 1 aromatic rings. The number of benzene rings is 1. The molecule has 0 fully saturated rings. The van der Waals surface area contributed by atoms with Gasteiger partial charge in [-0.2, -0.15) is 0 Å². The zero-order valence-electron chi connectivity index (χ0n) is 10.1. The minimum atomic E-state index is -1.51. The van der Waals surface area contributed by atoms with Crippen molar-refractivity contribution in [2.24, 2.45) is 5.92 Å². The van der Waals surface area contributed by atoms with E-state index in [2.05, 4.69) is 63.2 Å². The number of hydrogen-bond acceptors (Lipinski definition) is 0. The van der Waals surface area contributed by atoms with E-state index < -0.39 is 8.07 Å². The number of hydrogen-bond donors (Lipinski definition) is 0. The highest BCUT2D eigenvalue weighted by Gasteiger charge is 2.34. The van der Waals surface area contributed by atoms with Crippen molar-refractivity contribution in [2.45, 2.75) is 32.5 Å². The SMILES string of the molecule is C#C[C@H](C(C)C)[Si](C)(C)c1ccccc1. The molecule has 0 aliphatic rings. The summed E-state index contributed by atoms with van der Waals surface area (Å²) in [5.74, 6) is 3.57. The summed E-state index contributed by atoms with van der Waals surface area (Å²) in [7, 11) is -1.51. The van der Waals surface area contributed by atoms with Crippen LogP contribution in [0.3, 0.4) is 0 Å². The molecule has 1 rings (SSSR count). The highest BCUT2D eigenvalue weighted by molar-refractivity contribution is 6.91. The Hall–Kier alpha value is -1.00. The molecular weight excluding hydrogens is 196 g/mol. The molecule has 0 saturated heterocycles. The fraction of sp³-hybridized carbons (Fsp3) is 0.429. The van der Waals surface area contributed by atoms with E-state index in [0.717, 1.165) is 0 Å². The fourth-order valence-corrected chi connectivity index (χ4v) is 5.78. The Morgan fingerprint density at radius 3 is 2.07 bits per heavy atom. The normalized spacial score (nSPS) is 13.6. The predicted octanol–water partition coefficient (Wildman–Crippen LogP) is 3.26. The van der Waals surface area contributed by atoms with E-state index in [1.165, 1.54) is 5.19 Å². The first-order valence-corrected chi connectivity index (χ1v) is 8.59. The molecule has 80 valence electrons. The van der Waals surface area contributed by atoms with Crippen LogP contribution in [0.1, 0.15) is 13.8 Å². The first-order chi connectivity index (χ1) is 7.00. The highest BCUT2D eigenvalue weighted by Crippen LogP contribution is 2.28. The minimum Gasteiger partial charge on any atom is -0.120 e. The minimum absolute atomic E-state index is 0.417. The Kier molecular flexibility index (Phi) is 3.76. The van der Waals surface area contributed by atoms with Crippen LogP contribution in [0.4, 0.5) is 0 Å². The average molecular weight is 216 g/mol. The third-order valence-electron chi connectivity index (χ3n) is 3.14. The van der Waals surface area contributed by atoms with Crippen molar-refractivity contribution >= 4 is 13.3 Å². The van der Waals surface area contributed by atoms with Gasteiger partial charge in [-0.05, 0) is 5.92 Å². The lowest BCUT2D eigenvalue weighted by Crippen LogP contribution is -2.47. The summed E-state index contributed by atoms with van der Waals surface area (Å²) < 4.78 is 0. The van der Waals surface area contributed by atoms with Gasteiger partial charge in [-0.1, -0.05) is 62.5 Å². The van der Waals surface area contributed by atoms with Crippen LogP contribution in [0.2, 0.25) is 18.6 Å². The quantitative estimate of drug-likeness (QED) is 0.537. The molecule has 0 aliphatic carbocycles. The third-order valence-corrected chi connectivity index (χ3v) is 7.35. The van der Waals surface area contributed by atoms with Crippen LogP contribution in [0.15, 0.2) is 30.3 Å². The maximum Gasteiger partial charge on any atom is 0.0965 e. The average Bonchev–Trinajstić information content (AvgIpc) is 2.19. The van der Waals surface area contributed by atoms with Crippen LogP contribution in [-0.2, 0) is 0 Å². The standard InChI is InChI=1S/C14H20Si/c1-6-14(12(2)3)15(4,5)13-10-8-7-9-11-13/h1,7-12,14H,2-5H3/t14-/m1/s1. The molecule has 1 heteroatoms. The second-order valence-corrected chi connectivity index (χ2v) is 9.62. The van der Waals surface area contributed by atoms with Crippen LogP contribution in [0.25, 0.3) is 0 Å². The molecular formula is C14H20Si. The van der Waals surface area contributed by atoms with Gasteiger partial charge < -0.3 is 0 Å². The maximum atomic E-state index is 5.68. The third kappa shape index (κ3) is 2.52. The van der Waals surface area contributed by atoms with Crippen LogP contribution in [0, 0.1) is 18.3 Å². The van der Waals surface area contributed by atoms with Crippen molar-refractivity contribution in [3.8, 4) is 12.3 Å². The van der Waals surface area contributed by atoms with Gasteiger partial charge in [0.15, 0.2) is 0 Å². The molecule has 0 aromatic heterocycles. The van der Waals surface area contributed by atoms with Gasteiger partial charge >= 0.3 is 0 Å². The lowest BCUT2D eigenvalue weighted by atomic mass is 10.1. The summed E-state index contributed by atoms with van der Waals surface area (Å²) in [5, 5.41) is 1.46. The van der Waals surface area contributed by atoms with Crippen molar-refractivity contribution in [3.05, 3.63) is 30.3 Å². The second kappa shape index (κ2) is 4.68. The predicted molar refractivity (Wildman–Crippen MR) is 71.0 cm³/mol. The van der Waals surface area contributed by atoms with Gasteiger partial charge in [-0.25, -0.2) is 0 Å². The molecule has 0 heterocycles. The van der Waals surface area contributed by atoms with Crippen LogP contribution >= 0.6 is 0 Å². The summed E-state index contributed by atoms with van der Waals surface area (Å²) in [6.45, 7) is 9.18. The highest BCUT2D eigenvalue weighted by atomic mass is 28.3. The zero-order valence-corrected chi connectivity index (χ0v) is 11.1. The Morgan fingerprint density at radius 2 is 1.67 bits per heavy atom. The Balaban J connectivity index is 3.07. The van der Waals surface area contributed by atoms with Gasteiger partial charge in [0.2, 0.25) is 0 Å².